The number of hydrogen-bond acceptors (Lipinski definition) is 4. The molecule has 114 valence electrons. The SMILES string of the molecule is COC(=O)c1cc(NC(=O)C(C)C2CNC2)c(F)cc1F. The molecule has 0 spiro atoms. The number of rotatable bonds is 4. The maximum atomic E-state index is 13.7. The van der Waals surface area contributed by atoms with Crippen molar-refractivity contribution in [2.24, 2.45) is 11.8 Å². The van der Waals surface area contributed by atoms with E-state index >= 15 is 0 Å². The van der Waals surface area contributed by atoms with Crippen LogP contribution in [0.4, 0.5) is 14.5 Å². The van der Waals surface area contributed by atoms with Crippen molar-refractivity contribution in [3.05, 3.63) is 29.3 Å². The summed E-state index contributed by atoms with van der Waals surface area (Å²) >= 11 is 0. The van der Waals surface area contributed by atoms with Gasteiger partial charge in [-0.3, -0.25) is 4.79 Å². The van der Waals surface area contributed by atoms with Gasteiger partial charge in [0.2, 0.25) is 5.91 Å². The summed E-state index contributed by atoms with van der Waals surface area (Å²) < 4.78 is 31.6. The van der Waals surface area contributed by atoms with Crippen LogP contribution in [0, 0.1) is 23.5 Å². The summed E-state index contributed by atoms with van der Waals surface area (Å²) in [6, 6.07) is 1.50. The molecule has 1 aromatic carbocycles. The number of benzene rings is 1. The molecule has 7 heteroatoms. The largest absolute Gasteiger partial charge is 0.465 e. The van der Waals surface area contributed by atoms with Crippen LogP contribution in [-0.2, 0) is 9.53 Å². The standard InChI is InChI=1S/C14H16F2N2O3/c1-7(8-5-17-6-8)13(19)18-12-3-9(14(20)21-2)10(15)4-11(12)16/h3-4,7-8,17H,5-6H2,1-2H3,(H,18,19). The molecule has 2 rings (SSSR count). The maximum absolute atomic E-state index is 13.7. The lowest BCUT2D eigenvalue weighted by Crippen LogP contribution is -2.48. The van der Waals surface area contributed by atoms with Gasteiger partial charge in [0.1, 0.15) is 11.6 Å². The van der Waals surface area contributed by atoms with E-state index in [-0.39, 0.29) is 23.4 Å². The Labute approximate surface area is 120 Å². The number of hydrogen-bond donors (Lipinski definition) is 2. The number of ether oxygens (including phenoxy) is 1. The van der Waals surface area contributed by atoms with Crippen LogP contribution in [0.1, 0.15) is 17.3 Å². The van der Waals surface area contributed by atoms with Gasteiger partial charge in [0, 0.05) is 12.0 Å². The third-order valence-electron chi connectivity index (χ3n) is 3.65. The highest BCUT2D eigenvalue weighted by Crippen LogP contribution is 2.23. The number of nitrogens with one attached hydrogen (secondary N) is 2. The summed E-state index contributed by atoms with van der Waals surface area (Å²) in [5.74, 6) is -3.39. The summed E-state index contributed by atoms with van der Waals surface area (Å²) in [4.78, 5) is 23.4. The number of anilines is 1. The lowest BCUT2D eigenvalue weighted by atomic mass is 9.88. The molecular formula is C14H16F2N2O3. The minimum Gasteiger partial charge on any atom is -0.465 e. The van der Waals surface area contributed by atoms with Gasteiger partial charge in [0.05, 0.1) is 18.4 Å². The topological polar surface area (TPSA) is 67.4 Å². The predicted octanol–water partition coefficient (Wildman–Crippen LogP) is 1.55. The van der Waals surface area contributed by atoms with Crippen LogP contribution < -0.4 is 10.6 Å². The first-order valence-electron chi connectivity index (χ1n) is 6.53. The number of halogens is 2. The van der Waals surface area contributed by atoms with E-state index in [2.05, 4.69) is 15.4 Å². The molecule has 0 aromatic heterocycles. The Balaban J connectivity index is 2.18. The lowest BCUT2D eigenvalue weighted by molar-refractivity contribution is -0.121. The lowest BCUT2D eigenvalue weighted by Gasteiger charge is -2.31. The Morgan fingerprint density at radius 2 is 2.00 bits per heavy atom. The third kappa shape index (κ3) is 3.18. The van der Waals surface area contributed by atoms with E-state index in [1.54, 1.807) is 6.92 Å². The zero-order chi connectivity index (χ0) is 15.6. The van der Waals surface area contributed by atoms with E-state index in [1.165, 1.54) is 0 Å². The summed E-state index contributed by atoms with van der Waals surface area (Å²) in [6.07, 6.45) is 0. The second-order valence-electron chi connectivity index (χ2n) is 5.00. The second kappa shape index (κ2) is 6.17. The van der Waals surface area contributed by atoms with Gasteiger partial charge in [-0.1, -0.05) is 6.92 Å². The number of carbonyl (C=O) groups excluding carboxylic acids is 2. The number of esters is 1. The molecule has 0 saturated carbocycles. The minimum absolute atomic E-state index is 0.189. The molecule has 0 bridgehead atoms. The summed E-state index contributed by atoms with van der Waals surface area (Å²) in [7, 11) is 1.09. The molecule has 1 heterocycles. The average Bonchev–Trinajstić information content (AvgIpc) is 2.38. The van der Waals surface area contributed by atoms with Gasteiger partial charge in [0.15, 0.2) is 0 Å². The van der Waals surface area contributed by atoms with Gasteiger partial charge in [0.25, 0.3) is 0 Å². The Morgan fingerprint density at radius 1 is 1.33 bits per heavy atom. The molecule has 2 N–H and O–H groups in total. The zero-order valence-electron chi connectivity index (χ0n) is 11.7. The molecule has 0 aliphatic carbocycles. The number of amides is 1. The molecule has 1 unspecified atom stereocenters. The molecule has 5 nitrogen and oxygen atoms in total. The Hall–Kier alpha value is -2.02. The molecule has 1 saturated heterocycles. The van der Waals surface area contributed by atoms with Gasteiger partial charge < -0.3 is 15.4 Å². The first-order valence-corrected chi connectivity index (χ1v) is 6.53. The van der Waals surface area contributed by atoms with Gasteiger partial charge in [-0.25, -0.2) is 13.6 Å². The predicted molar refractivity (Wildman–Crippen MR) is 71.9 cm³/mol. The molecule has 1 amide bonds. The summed E-state index contributed by atoms with van der Waals surface area (Å²) in [5, 5.41) is 5.44. The average molecular weight is 298 g/mol. The van der Waals surface area contributed by atoms with E-state index in [0.717, 1.165) is 26.3 Å². The van der Waals surface area contributed by atoms with Gasteiger partial charge in [-0.2, -0.15) is 0 Å². The fourth-order valence-corrected chi connectivity index (χ4v) is 2.04. The van der Waals surface area contributed by atoms with Crippen LogP contribution in [-0.4, -0.2) is 32.1 Å². The highest BCUT2D eigenvalue weighted by molar-refractivity contribution is 5.95. The van der Waals surface area contributed by atoms with Crippen molar-refractivity contribution >= 4 is 17.6 Å². The molecule has 1 fully saturated rings. The molecule has 1 aliphatic rings. The van der Waals surface area contributed by atoms with E-state index in [4.69, 9.17) is 0 Å². The Morgan fingerprint density at radius 3 is 2.52 bits per heavy atom. The first kappa shape index (κ1) is 15.4. The van der Waals surface area contributed by atoms with Crippen LogP contribution in [0.25, 0.3) is 0 Å². The zero-order valence-corrected chi connectivity index (χ0v) is 11.7. The quantitative estimate of drug-likeness (QED) is 0.828. The highest BCUT2D eigenvalue weighted by atomic mass is 19.1. The molecular weight excluding hydrogens is 282 g/mol. The van der Waals surface area contributed by atoms with Crippen LogP contribution in [0.3, 0.4) is 0 Å². The molecule has 1 aliphatic heterocycles. The minimum atomic E-state index is -1.03. The Kier molecular flexibility index (Phi) is 4.52. The van der Waals surface area contributed by atoms with Crippen LogP contribution in [0.5, 0.6) is 0 Å². The van der Waals surface area contributed by atoms with Crippen molar-refractivity contribution in [1.29, 1.82) is 0 Å². The normalized spacial score (nSPS) is 16.0. The maximum Gasteiger partial charge on any atom is 0.340 e. The Bertz CT molecular complexity index is 574. The van der Waals surface area contributed by atoms with Crippen molar-refractivity contribution in [2.75, 3.05) is 25.5 Å². The van der Waals surface area contributed by atoms with Gasteiger partial charge >= 0.3 is 5.97 Å². The molecule has 0 radical (unpaired) electrons. The van der Waals surface area contributed by atoms with E-state index in [0.29, 0.717) is 6.07 Å². The van der Waals surface area contributed by atoms with Crippen LogP contribution in [0.2, 0.25) is 0 Å². The second-order valence-corrected chi connectivity index (χ2v) is 5.00. The monoisotopic (exact) mass is 298 g/mol. The number of carbonyl (C=O) groups is 2. The fraction of sp³-hybridized carbons (Fsp3) is 0.429. The smallest absolute Gasteiger partial charge is 0.340 e. The van der Waals surface area contributed by atoms with Crippen LogP contribution >= 0.6 is 0 Å². The number of methoxy groups -OCH3 is 1. The molecule has 1 atom stereocenters. The molecule has 21 heavy (non-hydrogen) atoms. The summed E-state index contributed by atoms with van der Waals surface area (Å²) in [6.45, 7) is 3.20. The fourth-order valence-electron chi connectivity index (χ4n) is 2.04. The van der Waals surface area contributed by atoms with E-state index < -0.39 is 23.2 Å². The highest BCUT2D eigenvalue weighted by Gasteiger charge is 2.29. The van der Waals surface area contributed by atoms with Crippen molar-refractivity contribution in [3.63, 3.8) is 0 Å². The third-order valence-corrected chi connectivity index (χ3v) is 3.65. The van der Waals surface area contributed by atoms with Crippen molar-refractivity contribution in [1.82, 2.24) is 5.32 Å². The first-order chi connectivity index (χ1) is 9.93. The van der Waals surface area contributed by atoms with Crippen molar-refractivity contribution in [3.8, 4) is 0 Å². The van der Waals surface area contributed by atoms with Crippen molar-refractivity contribution in [2.45, 2.75) is 6.92 Å². The van der Waals surface area contributed by atoms with Crippen molar-refractivity contribution < 1.29 is 23.1 Å². The van der Waals surface area contributed by atoms with Crippen LogP contribution in [0.15, 0.2) is 12.1 Å². The molecule has 1 aromatic rings. The van der Waals surface area contributed by atoms with Gasteiger partial charge in [-0.05, 0) is 25.1 Å². The van der Waals surface area contributed by atoms with E-state index in [1.807, 2.05) is 0 Å². The van der Waals surface area contributed by atoms with Gasteiger partial charge in [-0.15, -0.1) is 0 Å². The summed E-state index contributed by atoms with van der Waals surface area (Å²) in [5.41, 5.74) is -0.659. The van der Waals surface area contributed by atoms with E-state index in [9.17, 15) is 18.4 Å².